The molecule has 0 atom stereocenters. The molecular weight excluding hydrogens is 394 g/mol. The summed E-state index contributed by atoms with van der Waals surface area (Å²) < 4.78 is 14.1. The summed E-state index contributed by atoms with van der Waals surface area (Å²) >= 11 is 7.85. The van der Waals surface area contributed by atoms with Gasteiger partial charge in [0.1, 0.15) is 5.82 Å². The van der Waals surface area contributed by atoms with E-state index in [1.165, 1.54) is 18.2 Å². The maximum Gasteiger partial charge on any atom is 0.243 e. The second-order valence-corrected chi connectivity index (χ2v) is 5.69. The summed E-state index contributed by atoms with van der Waals surface area (Å²) in [5, 5.41) is 5.65. The quantitative estimate of drug-likeness (QED) is 0.752. The van der Waals surface area contributed by atoms with Gasteiger partial charge in [0.2, 0.25) is 5.91 Å². The summed E-state index contributed by atoms with van der Waals surface area (Å²) in [6, 6.07) is 11.7. The van der Waals surface area contributed by atoms with Gasteiger partial charge < -0.3 is 10.6 Å². The van der Waals surface area contributed by atoms with Crippen LogP contribution in [0.25, 0.3) is 0 Å². The van der Waals surface area contributed by atoms with Crippen molar-refractivity contribution in [2.75, 3.05) is 17.2 Å². The van der Waals surface area contributed by atoms with Crippen molar-refractivity contribution in [3.63, 3.8) is 0 Å². The number of halogens is 3. The van der Waals surface area contributed by atoms with Crippen molar-refractivity contribution in [2.24, 2.45) is 0 Å². The fourth-order valence-corrected chi connectivity index (χ4v) is 2.07. The average molecular weight is 405 g/mol. The van der Waals surface area contributed by atoms with Crippen LogP contribution in [0.4, 0.5) is 15.8 Å². The first-order valence-corrected chi connectivity index (χ1v) is 7.24. The second kappa shape index (κ2) is 6.90. The van der Waals surface area contributed by atoms with Crippen LogP contribution < -0.4 is 10.6 Å². The zero-order valence-corrected chi connectivity index (χ0v) is 13.2. The highest BCUT2D eigenvalue weighted by Crippen LogP contribution is 2.19. The number of benzene rings is 2. The van der Waals surface area contributed by atoms with Gasteiger partial charge in [-0.2, -0.15) is 0 Å². The molecule has 0 saturated carbocycles. The molecule has 2 rings (SSSR count). The monoisotopic (exact) mass is 404 g/mol. The molecule has 0 aromatic heterocycles. The molecule has 2 N–H and O–H groups in total. The van der Waals surface area contributed by atoms with Gasteiger partial charge in [0.15, 0.2) is 0 Å². The van der Waals surface area contributed by atoms with Crippen molar-refractivity contribution in [1.82, 2.24) is 0 Å². The van der Waals surface area contributed by atoms with Gasteiger partial charge in [0, 0.05) is 14.9 Å². The highest BCUT2D eigenvalue weighted by molar-refractivity contribution is 14.1. The van der Waals surface area contributed by atoms with E-state index in [-0.39, 0.29) is 17.5 Å². The van der Waals surface area contributed by atoms with Crippen LogP contribution >= 0.6 is 34.2 Å². The van der Waals surface area contributed by atoms with Crippen molar-refractivity contribution >= 4 is 51.5 Å². The molecule has 3 nitrogen and oxygen atoms in total. The summed E-state index contributed by atoms with van der Waals surface area (Å²) in [5.41, 5.74) is 1.32. The third kappa shape index (κ3) is 4.35. The average Bonchev–Trinajstić information content (AvgIpc) is 2.43. The van der Waals surface area contributed by atoms with Crippen LogP contribution in [0.2, 0.25) is 5.02 Å². The molecule has 1 amide bonds. The summed E-state index contributed by atoms with van der Waals surface area (Å²) in [6.07, 6.45) is 0. The molecule has 0 bridgehead atoms. The molecule has 2 aromatic rings. The predicted molar refractivity (Wildman–Crippen MR) is 87.7 cm³/mol. The van der Waals surface area contributed by atoms with Gasteiger partial charge in [0.25, 0.3) is 0 Å². The number of carbonyl (C=O) groups is 1. The molecule has 0 spiro atoms. The molecule has 0 radical (unpaired) electrons. The lowest BCUT2D eigenvalue weighted by Gasteiger charge is -2.08. The largest absolute Gasteiger partial charge is 0.376 e. The SMILES string of the molecule is O=C(CNc1ccc(F)c(Cl)c1)Nc1ccc(I)cc1. The molecule has 0 aliphatic carbocycles. The van der Waals surface area contributed by atoms with Gasteiger partial charge in [-0.15, -0.1) is 0 Å². The van der Waals surface area contributed by atoms with Crippen LogP contribution in [0.15, 0.2) is 42.5 Å². The van der Waals surface area contributed by atoms with Gasteiger partial charge in [0.05, 0.1) is 11.6 Å². The summed E-state index contributed by atoms with van der Waals surface area (Å²) in [4.78, 5) is 11.7. The minimum atomic E-state index is -0.486. The zero-order chi connectivity index (χ0) is 14.5. The van der Waals surface area contributed by atoms with Gasteiger partial charge in [-0.3, -0.25) is 4.79 Å². The Balaban J connectivity index is 1.88. The van der Waals surface area contributed by atoms with Crippen molar-refractivity contribution in [3.8, 4) is 0 Å². The van der Waals surface area contributed by atoms with Crippen LogP contribution in [0.1, 0.15) is 0 Å². The minimum absolute atomic E-state index is 0.0213. The van der Waals surface area contributed by atoms with E-state index in [4.69, 9.17) is 11.6 Å². The maximum atomic E-state index is 13.0. The van der Waals surface area contributed by atoms with E-state index >= 15 is 0 Å². The molecule has 0 fully saturated rings. The number of hydrogen-bond donors (Lipinski definition) is 2. The molecule has 0 aliphatic rings. The maximum absolute atomic E-state index is 13.0. The van der Waals surface area contributed by atoms with Crippen LogP contribution in [0.3, 0.4) is 0 Å². The van der Waals surface area contributed by atoms with E-state index in [9.17, 15) is 9.18 Å². The zero-order valence-electron chi connectivity index (χ0n) is 10.3. The Morgan fingerprint density at radius 2 is 1.80 bits per heavy atom. The Bertz CT molecular complexity index is 619. The lowest BCUT2D eigenvalue weighted by atomic mass is 10.3. The van der Waals surface area contributed by atoms with Crippen LogP contribution in [0, 0.1) is 9.39 Å². The number of carbonyl (C=O) groups excluding carboxylic acids is 1. The Hall–Kier alpha value is -1.34. The minimum Gasteiger partial charge on any atom is -0.376 e. The van der Waals surface area contributed by atoms with Gasteiger partial charge in [-0.25, -0.2) is 4.39 Å². The van der Waals surface area contributed by atoms with Crippen molar-refractivity contribution in [1.29, 1.82) is 0 Å². The topological polar surface area (TPSA) is 41.1 Å². The van der Waals surface area contributed by atoms with E-state index in [0.29, 0.717) is 5.69 Å². The summed E-state index contributed by atoms with van der Waals surface area (Å²) in [6.45, 7) is 0.0773. The lowest BCUT2D eigenvalue weighted by Crippen LogP contribution is -2.21. The summed E-state index contributed by atoms with van der Waals surface area (Å²) in [5.74, 6) is -0.674. The van der Waals surface area contributed by atoms with E-state index in [1.807, 2.05) is 24.3 Å². The molecule has 20 heavy (non-hydrogen) atoms. The first-order valence-electron chi connectivity index (χ1n) is 5.79. The molecule has 0 saturated heterocycles. The molecule has 0 unspecified atom stereocenters. The smallest absolute Gasteiger partial charge is 0.243 e. The van der Waals surface area contributed by atoms with Crippen LogP contribution in [-0.4, -0.2) is 12.5 Å². The van der Waals surface area contributed by atoms with Crippen molar-refractivity contribution in [2.45, 2.75) is 0 Å². The van der Waals surface area contributed by atoms with E-state index < -0.39 is 5.82 Å². The number of amides is 1. The Morgan fingerprint density at radius 3 is 2.45 bits per heavy atom. The lowest BCUT2D eigenvalue weighted by molar-refractivity contribution is -0.114. The predicted octanol–water partition coefficient (Wildman–Crippen LogP) is 4.13. The fourth-order valence-electron chi connectivity index (χ4n) is 1.53. The van der Waals surface area contributed by atoms with Gasteiger partial charge >= 0.3 is 0 Å². The Labute approximate surface area is 134 Å². The first-order chi connectivity index (χ1) is 9.54. The van der Waals surface area contributed by atoms with Gasteiger partial charge in [-0.1, -0.05) is 11.6 Å². The standard InChI is InChI=1S/C14H11ClFIN2O/c15-12-7-11(5-6-13(12)16)18-8-14(20)19-10-3-1-9(17)2-4-10/h1-7,18H,8H2,(H,19,20). The molecule has 6 heteroatoms. The number of hydrogen-bond acceptors (Lipinski definition) is 2. The van der Waals surface area contributed by atoms with E-state index in [2.05, 4.69) is 33.2 Å². The van der Waals surface area contributed by atoms with E-state index in [0.717, 1.165) is 9.26 Å². The van der Waals surface area contributed by atoms with Crippen LogP contribution in [-0.2, 0) is 4.79 Å². The Morgan fingerprint density at radius 1 is 1.15 bits per heavy atom. The number of anilines is 2. The highest BCUT2D eigenvalue weighted by Gasteiger charge is 2.04. The molecule has 104 valence electrons. The molecule has 2 aromatic carbocycles. The van der Waals surface area contributed by atoms with Gasteiger partial charge in [-0.05, 0) is 65.1 Å². The number of rotatable bonds is 4. The summed E-state index contributed by atoms with van der Waals surface area (Å²) in [7, 11) is 0. The second-order valence-electron chi connectivity index (χ2n) is 4.04. The Kier molecular flexibility index (Phi) is 5.19. The number of nitrogens with one attached hydrogen (secondary N) is 2. The van der Waals surface area contributed by atoms with Crippen molar-refractivity contribution < 1.29 is 9.18 Å². The fraction of sp³-hybridized carbons (Fsp3) is 0.0714. The van der Waals surface area contributed by atoms with E-state index in [1.54, 1.807) is 0 Å². The van der Waals surface area contributed by atoms with Crippen LogP contribution in [0.5, 0.6) is 0 Å². The first kappa shape index (κ1) is 15.1. The molecule has 0 heterocycles. The van der Waals surface area contributed by atoms with Crippen molar-refractivity contribution in [3.05, 3.63) is 56.9 Å². The third-order valence-electron chi connectivity index (χ3n) is 2.50. The molecular formula is C14H11ClFIN2O. The third-order valence-corrected chi connectivity index (χ3v) is 3.51. The molecule has 0 aliphatic heterocycles. The normalized spacial score (nSPS) is 10.2. The highest BCUT2D eigenvalue weighted by atomic mass is 127.